The molecule has 88 valence electrons. The standard InChI is InChI=1S/C13H14ClN3/c1-3-11-12(14)15-8-16-13(11)17-10-6-4-9(2)5-7-10/h4-8H,3H2,1-2H3,(H,15,16,17). The largest absolute Gasteiger partial charge is 0.340 e. The maximum absolute atomic E-state index is 6.03. The van der Waals surface area contributed by atoms with Crippen LogP contribution in [0.1, 0.15) is 18.1 Å². The lowest BCUT2D eigenvalue weighted by molar-refractivity contribution is 1.05. The number of nitrogens with zero attached hydrogens (tertiary/aromatic N) is 2. The third-order valence-electron chi connectivity index (χ3n) is 2.56. The molecular formula is C13H14ClN3. The van der Waals surface area contributed by atoms with Crippen LogP contribution in [0.3, 0.4) is 0 Å². The number of aryl methyl sites for hydroxylation is 1. The average molecular weight is 248 g/mol. The van der Waals surface area contributed by atoms with E-state index in [1.807, 2.05) is 19.1 Å². The minimum absolute atomic E-state index is 0.511. The Morgan fingerprint density at radius 2 is 1.88 bits per heavy atom. The number of halogens is 1. The highest BCUT2D eigenvalue weighted by atomic mass is 35.5. The van der Waals surface area contributed by atoms with Crippen molar-refractivity contribution in [3.05, 3.63) is 46.9 Å². The van der Waals surface area contributed by atoms with Gasteiger partial charge in [-0.1, -0.05) is 36.2 Å². The first-order valence-electron chi connectivity index (χ1n) is 5.53. The van der Waals surface area contributed by atoms with Crippen LogP contribution in [0.25, 0.3) is 0 Å². The number of nitrogens with one attached hydrogen (secondary N) is 1. The van der Waals surface area contributed by atoms with Gasteiger partial charge < -0.3 is 5.32 Å². The Morgan fingerprint density at radius 3 is 2.53 bits per heavy atom. The number of rotatable bonds is 3. The molecular weight excluding hydrogens is 234 g/mol. The summed E-state index contributed by atoms with van der Waals surface area (Å²) in [6.07, 6.45) is 2.27. The van der Waals surface area contributed by atoms with Gasteiger partial charge in [-0.05, 0) is 25.5 Å². The summed E-state index contributed by atoms with van der Waals surface area (Å²) in [6.45, 7) is 4.09. The smallest absolute Gasteiger partial charge is 0.138 e. The molecule has 0 spiro atoms. The van der Waals surface area contributed by atoms with Crippen molar-refractivity contribution >= 4 is 23.1 Å². The number of anilines is 2. The monoisotopic (exact) mass is 247 g/mol. The maximum atomic E-state index is 6.03. The van der Waals surface area contributed by atoms with E-state index in [2.05, 4.69) is 34.3 Å². The van der Waals surface area contributed by atoms with E-state index >= 15 is 0 Å². The van der Waals surface area contributed by atoms with E-state index in [9.17, 15) is 0 Å². The molecule has 0 radical (unpaired) electrons. The Morgan fingerprint density at radius 1 is 1.18 bits per heavy atom. The highest BCUT2D eigenvalue weighted by Gasteiger charge is 2.07. The van der Waals surface area contributed by atoms with Crippen molar-refractivity contribution in [2.45, 2.75) is 20.3 Å². The zero-order valence-electron chi connectivity index (χ0n) is 9.87. The van der Waals surface area contributed by atoms with Crippen molar-refractivity contribution in [3.8, 4) is 0 Å². The SMILES string of the molecule is CCc1c(Cl)ncnc1Nc1ccc(C)cc1. The zero-order valence-corrected chi connectivity index (χ0v) is 10.6. The summed E-state index contributed by atoms with van der Waals surface area (Å²) < 4.78 is 0. The van der Waals surface area contributed by atoms with Crippen LogP contribution in [-0.4, -0.2) is 9.97 Å². The Kier molecular flexibility index (Phi) is 3.59. The molecule has 0 aliphatic heterocycles. The Labute approximate surface area is 106 Å². The maximum Gasteiger partial charge on any atom is 0.138 e. The van der Waals surface area contributed by atoms with Gasteiger partial charge in [-0.25, -0.2) is 9.97 Å². The summed E-state index contributed by atoms with van der Waals surface area (Å²) in [5.41, 5.74) is 3.17. The van der Waals surface area contributed by atoms with Gasteiger partial charge in [0.2, 0.25) is 0 Å². The highest BCUT2D eigenvalue weighted by molar-refractivity contribution is 6.30. The quantitative estimate of drug-likeness (QED) is 0.840. The molecule has 0 amide bonds. The van der Waals surface area contributed by atoms with E-state index < -0.39 is 0 Å². The van der Waals surface area contributed by atoms with Gasteiger partial charge in [0.1, 0.15) is 17.3 Å². The Bertz CT molecular complexity index is 509. The minimum atomic E-state index is 0.511. The first-order chi connectivity index (χ1) is 8.20. The predicted molar refractivity (Wildman–Crippen MR) is 70.9 cm³/mol. The van der Waals surface area contributed by atoms with Crippen LogP contribution in [-0.2, 0) is 6.42 Å². The van der Waals surface area contributed by atoms with Crippen LogP contribution in [0.5, 0.6) is 0 Å². The average Bonchev–Trinajstić information content (AvgIpc) is 2.32. The zero-order chi connectivity index (χ0) is 12.3. The van der Waals surface area contributed by atoms with Crippen LogP contribution in [0.4, 0.5) is 11.5 Å². The van der Waals surface area contributed by atoms with Crippen LogP contribution in [0.2, 0.25) is 5.15 Å². The summed E-state index contributed by atoms with van der Waals surface area (Å²) in [4.78, 5) is 8.20. The van der Waals surface area contributed by atoms with Crippen molar-refractivity contribution in [3.63, 3.8) is 0 Å². The van der Waals surface area contributed by atoms with E-state index in [1.54, 1.807) is 0 Å². The second kappa shape index (κ2) is 5.15. The molecule has 0 atom stereocenters. The number of aromatic nitrogens is 2. The van der Waals surface area contributed by atoms with Gasteiger partial charge in [-0.2, -0.15) is 0 Å². The van der Waals surface area contributed by atoms with Gasteiger partial charge in [0, 0.05) is 11.3 Å². The molecule has 1 heterocycles. The summed E-state index contributed by atoms with van der Waals surface area (Å²) in [5.74, 6) is 0.774. The molecule has 1 aromatic carbocycles. The molecule has 1 N–H and O–H groups in total. The van der Waals surface area contributed by atoms with E-state index in [1.165, 1.54) is 11.9 Å². The number of hydrogen-bond donors (Lipinski definition) is 1. The molecule has 0 fully saturated rings. The second-order valence-corrected chi connectivity index (χ2v) is 4.19. The van der Waals surface area contributed by atoms with Crippen molar-refractivity contribution in [1.82, 2.24) is 9.97 Å². The van der Waals surface area contributed by atoms with Crippen LogP contribution in [0.15, 0.2) is 30.6 Å². The highest BCUT2D eigenvalue weighted by Crippen LogP contribution is 2.23. The minimum Gasteiger partial charge on any atom is -0.340 e. The van der Waals surface area contributed by atoms with Gasteiger partial charge >= 0.3 is 0 Å². The van der Waals surface area contributed by atoms with Crippen LogP contribution < -0.4 is 5.32 Å². The van der Waals surface area contributed by atoms with Gasteiger partial charge in [0.25, 0.3) is 0 Å². The van der Waals surface area contributed by atoms with Crippen molar-refractivity contribution in [2.75, 3.05) is 5.32 Å². The lowest BCUT2D eigenvalue weighted by atomic mass is 10.2. The van der Waals surface area contributed by atoms with Crippen molar-refractivity contribution in [2.24, 2.45) is 0 Å². The van der Waals surface area contributed by atoms with E-state index in [4.69, 9.17) is 11.6 Å². The number of hydrogen-bond acceptors (Lipinski definition) is 3. The molecule has 17 heavy (non-hydrogen) atoms. The molecule has 0 aliphatic rings. The molecule has 0 bridgehead atoms. The molecule has 0 saturated heterocycles. The molecule has 4 heteroatoms. The Hall–Kier alpha value is -1.61. The molecule has 3 nitrogen and oxygen atoms in total. The third kappa shape index (κ3) is 2.74. The van der Waals surface area contributed by atoms with Gasteiger partial charge in [-0.3, -0.25) is 0 Å². The summed E-state index contributed by atoms with van der Waals surface area (Å²) in [6, 6.07) is 8.14. The van der Waals surface area contributed by atoms with E-state index in [0.717, 1.165) is 23.5 Å². The summed E-state index contributed by atoms with van der Waals surface area (Å²) in [7, 11) is 0. The normalized spacial score (nSPS) is 10.3. The first-order valence-corrected chi connectivity index (χ1v) is 5.91. The number of benzene rings is 1. The molecule has 0 unspecified atom stereocenters. The topological polar surface area (TPSA) is 37.8 Å². The fraction of sp³-hybridized carbons (Fsp3) is 0.231. The van der Waals surface area contributed by atoms with E-state index in [-0.39, 0.29) is 0 Å². The fourth-order valence-electron chi connectivity index (χ4n) is 1.59. The van der Waals surface area contributed by atoms with Crippen molar-refractivity contribution in [1.29, 1.82) is 0 Å². The van der Waals surface area contributed by atoms with E-state index in [0.29, 0.717) is 5.15 Å². The molecule has 0 saturated carbocycles. The predicted octanol–water partition coefficient (Wildman–Crippen LogP) is 3.74. The Balaban J connectivity index is 2.29. The van der Waals surface area contributed by atoms with Crippen LogP contribution in [0, 0.1) is 6.92 Å². The third-order valence-corrected chi connectivity index (χ3v) is 2.89. The second-order valence-electron chi connectivity index (χ2n) is 3.84. The van der Waals surface area contributed by atoms with Gasteiger partial charge in [-0.15, -0.1) is 0 Å². The summed E-state index contributed by atoms with van der Waals surface area (Å²) in [5, 5.41) is 3.77. The summed E-state index contributed by atoms with van der Waals surface area (Å²) >= 11 is 6.03. The van der Waals surface area contributed by atoms with Gasteiger partial charge in [0.15, 0.2) is 0 Å². The lowest BCUT2D eigenvalue weighted by Gasteiger charge is -2.10. The van der Waals surface area contributed by atoms with Crippen molar-refractivity contribution < 1.29 is 0 Å². The van der Waals surface area contributed by atoms with Crippen LogP contribution >= 0.6 is 11.6 Å². The molecule has 0 aliphatic carbocycles. The lowest BCUT2D eigenvalue weighted by Crippen LogP contribution is -2.00. The fourth-order valence-corrected chi connectivity index (χ4v) is 1.85. The molecule has 2 aromatic rings. The molecule has 1 aromatic heterocycles. The van der Waals surface area contributed by atoms with Gasteiger partial charge in [0.05, 0.1) is 0 Å². The first kappa shape index (κ1) is 11.9. The molecule has 2 rings (SSSR count).